The molecule has 0 aliphatic heterocycles. The van der Waals surface area contributed by atoms with E-state index in [9.17, 15) is 14.3 Å². The van der Waals surface area contributed by atoms with Crippen LogP contribution in [0, 0.1) is 0 Å². The molecule has 0 aromatic carbocycles. The molecule has 54 heavy (non-hydrogen) atoms. The van der Waals surface area contributed by atoms with E-state index in [1.54, 1.807) is 0 Å². The van der Waals surface area contributed by atoms with Gasteiger partial charge in [0.2, 0.25) is 0 Å². The van der Waals surface area contributed by atoms with Gasteiger partial charge in [0, 0.05) is 19.6 Å². The number of carbonyl (C=O) groups is 1. The average molecular weight is 790 g/mol. The zero-order valence-electron chi connectivity index (χ0n) is 36.0. The van der Waals surface area contributed by atoms with Gasteiger partial charge in [-0.1, -0.05) is 226 Å². The summed E-state index contributed by atoms with van der Waals surface area (Å²) >= 11 is 0. The van der Waals surface area contributed by atoms with Gasteiger partial charge < -0.3 is 20.1 Å². The first kappa shape index (κ1) is 53.5. The molecule has 0 amide bonds. The highest BCUT2D eigenvalue weighted by molar-refractivity contribution is 7.47. The molecule has 0 bridgehead atoms. The summed E-state index contributed by atoms with van der Waals surface area (Å²) in [4.78, 5) is 22.5. The van der Waals surface area contributed by atoms with Gasteiger partial charge in [-0.15, -0.1) is 0 Å². The van der Waals surface area contributed by atoms with E-state index in [0.717, 1.165) is 32.1 Å². The van der Waals surface area contributed by atoms with Crippen molar-refractivity contribution in [2.75, 3.05) is 33.0 Å². The minimum absolute atomic E-state index is 0.0899. The van der Waals surface area contributed by atoms with E-state index in [-0.39, 0.29) is 32.3 Å². The zero-order chi connectivity index (χ0) is 39.5. The number of hydrogen-bond donors (Lipinski definition) is 2. The van der Waals surface area contributed by atoms with Crippen molar-refractivity contribution in [2.45, 2.75) is 251 Å². The van der Waals surface area contributed by atoms with E-state index < -0.39 is 13.9 Å². The van der Waals surface area contributed by atoms with Crippen LogP contribution in [-0.4, -0.2) is 49.9 Å². The molecule has 8 nitrogen and oxygen atoms in total. The first-order chi connectivity index (χ1) is 26.4. The predicted octanol–water partition coefficient (Wildman–Crippen LogP) is 14.1. The molecule has 3 N–H and O–H groups in total. The van der Waals surface area contributed by atoms with Gasteiger partial charge in [-0.2, -0.15) is 0 Å². The second-order valence-electron chi connectivity index (χ2n) is 16.0. The summed E-state index contributed by atoms with van der Waals surface area (Å²) in [6.07, 6.45) is 45.5. The van der Waals surface area contributed by atoms with Crippen LogP contribution in [0.5, 0.6) is 0 Å². The van der Waals surface area contributed by atoms with E-state index >= 15 is 0 Å². The van der Waals surface area contributed by atoms with Crippen LogP contribution in [0.3, 0.4) is 0 Å². The maximum Gasteiger partial charge on any atom is 0.472 e. The van der Waals surface area contributed by atoms with Gasteiger partial charge in [-0.05, 0) is 12.8 Å². The van der Waals surface area contributed by atoms with Gasteiger partial charge in [-0.25, -0.2) is 4.57 Å². The summed E-state index contributed by atoms with van der Waals surface area (Å²) in [6, 6.07) is 0. The lowest BCUT2D eigenvalue weighted by molar-refractivity contribution is -0.154. The van der Waals surface area contributed by atoms with Crippen LogP contribution in [0.1, 0.15) is 245 Å². The van der Waals surface area contributed by atoms with Gasteiger partial charge >= 0.3 is 13.8 Å². The molecule has 0 saturated carbocycles. The van der Waals surface area contributed by atoms with Crippen LogP contribution < -0.4 is 5.73 Å². The maximum absolute atomic E-state index is 12.6. The fourth-order valence-electron chi connectivity index (χ4n) is 7.06. The van der Waals surface area contributed by atoms with Crippen molar-refractivity contribution >= 4 is 13.8 Å². The highest BCUT2D eigenvalue weighted by atomic mass is 31.2. The fraction of sp³-hybridized carbons (Fsp3) is 0.978. The van der Waals surface area contributed by atoms with E-state index in [1.165, 1.54) is 193 Å². The SMILES string of the molecule is CCCCCCCCCCCCCCCCCCCCCC(=O)O[C@H](COCCCCCCCCCCCCCCCCCC)COP(=O)(O)OCCN. The fourth-order valence-corrected chi connectivity index (χ4v) is 7.82. The lowest BCUT2D eigenvalue weighted by Crippen LogP contribution is -2.28. The van der Waals surface area contributed by atoms with Crippen molar-refractivity contribution < 1.29 is 32.8 Å². The summed E-state index contributed by atoms with van der Waals surface area (Å²) in [5.74, 6) is -0.322. The Kier molecular flexibility index (Phi) is 43.2. The third-order valence-electron chi connectivity index (χ3n) is 10.5. The van der Waals surface area contributed by atoms with Crippen molar-refractivity contribution in [3.8, 4) is 0 Å². The second kappa shape index (κ2) is 43.6. The molecule has 324 valence electrons. The van der Waals surface area contributed by atoms with Crippen LogP contribution in [-0.2, 0) is 27.9 Å². The molecule has 0 aromatic rings. The molecule has 0 saturated heterocycles. The number of rotatable bonds is 46. The second-order valence-corrected chi connectivity index (χ2v) is 17.4. The highest BCUT2D eigenvalue weighted by Gasteiger charge is 2.25. The number of phosphoric ester groups is 1. The number of phosphoric acid groups is 1. The first-order valence-corrected chi connectivity index (χ1v) is 25.0. The van der Waals surface area contributed by atoms with Gasteiger partial charge in [0.15, 0.2) is 0 Å². The molecule has 0 aliphatic carbocycles. The van der Waals surface area contributed by atoms with E-state index in [4.69, 9.17) is 24.3 Å². The molecule has 0 spiro atoms. The van der Waals surface area contributed by atoms with Crippen LogP contribution in [0.25, 0.3) is 0 Å². The standard InChI is InChI=1S/C45H92NO7P/c1-3-5-7-9-11-13-15-17-19-21-22-23-24-26-28-30-32-34-36-38-45(47)53-44(43-52-54(48,49)51-41-39-46)42-50-40-37-35-33-31-29-27-25-20-18-16-14-12-10-8-6-4-2/h44H,3-43,46H2,1-2H3,(H,48,49)/t44-/m1/s1. The van der Waals surface area contributed by atoms with E-state index in [2.05, 4.69) is 13.8 Å². The number of carbonyl (C=O) groups excluding carboxylic acids is 1. The normalized spacial score (nSPS) is 13.3. The van der Waals surface area contributed by atoms with Crippen molar-refractivity contribution in [1.82, 2.24) is 0 Å². The van der Waals surface area contributed by atoms with Crippen molar-refractivity contribution in [2.24, 2.45) is 5.73 Å². The van der Waals surface area contributed by atoms with Gasteiger partial charge in [0.25, 0.3) is 0 Å². The van der Waals surface area contributed by atoms with E-state index in [1.807, 2.05) is 0 Å². The Morgan fingerprint density at radius 1 is 0.481 bits per heavy atom. The molecule has 1 unspecified atom stereocenters. The summed E-state index contributed by atoms with van der Waals surface area (Å²) < 4.78 is 33.5. The Morgan fingerprint density at radius 3 is 1.17 bits per heavy atom. The third-order valence-corrected chi connectivity index (χ3v) is 11.5. The zero-order valence-corrected chi connectivity index (χ0v) is 36.9. The summed E-state index contributed by atoms with van der Waals surface area (Å²) in [5.41, 5.74) is 5.38. The van der Waals surface area contributed by atoms with Crippen LogP contribution in [0.2, 0.25) is 0 Å². The maximum atomic E-state index is 12.6. The molecular weight excluding hydrogens is 697 g/mol. The Morgan fingerprint density at radius 2 is 0.815 bits per heavy atom. The van der Waals surface area contributed by atoms with Gasteiger partial charge in [0.05, 0.1) is 19.8 Å². The number of hydrogen-bond acceptors (Lipinski definition) is 7. The molecule has 0 heterocycles. The molecule has 9 heteroatoms. The van der Waals surface area contributed by atoms with Gasteiger partial charge in [0.1, 0.15) is 6.10 Å². The monoisotopic (exact) mass is 790 g/mol. The molecule has 0 radical (unpaired) electrons. The molecule has 0 fully saturated rings. The van der Waals surface area contributed by atoms with Crippen LogP contribution >= 0.6 is 7.82 Å². The lowest BCUT2D eigenvalue weighted by Gasteiger charge is -2.20. The van der Waals surface area contributed by atoms with E-state index in [0.29, 0.717) is 13.0 Å². The Balaban J connectivity index is 3.92. The van der Waals surface area contributed by atoms with Crippen molar-refractivity contribution in [3.05, 3.63) is 0 Å². The number of ether oxygens (including phenoxy) is 2. The predicted molar refractivity (Wildman–Crippen MR) is 229 cm³/mol. The van der Waals surface area contributed by atoms with Crippen LogP contribution in [0.4, 0.5) is 0 Å². The summed E-state index contributed by atoms with van der Waals surface area (Å²) in [6.45, 7) is 5.00. The number of nitrogens with two attached hydrogens (primary N) is 1. The lowest BCUT2D eigenvalue weighted by atomic mass is 10.0. The number of esters is 1. The Bertz CT molecular complexity index is 802. The Hall–Kier alpha value is -0.500. The minimum atomic E-state index is -4.27. The smallest absolute Gasteiger partial charge is 0.457 e. The molecule has 2 atom stereocenters. The Labute approximate surface area is 335 Å². The van der Waals surface area contributed by atoms with Crippen LogP contribution in [0.15, 0.2) is 0 Å². The van der Waals surface area contributed by atoms with Crippen molar-refractivity contribution in [1.29, 1.82) is 0 Å². The molecule has 0 aliphatic rings. The third kappa shape index (κ3) is 42.6. The molecule has 0 rings (SSSR count). The van der Waals surface area contributed by atoms with Crippen molar-refractivity contribution in [3.63, 3.8) is 0 Å². The summed E-state index contributed by atoms with van der Waals surface area (Å²) in [7, 11) is -4.27. The molecule has 0 aromatic heterocycles. The largest absolute Gasteiger partial charge is 0.472 e. The first-order valence-electron chi connectivity index (χ1n) is 23.5. The summed E-state index contributed by atoms with van der Waals surface area (Å²) in [5, 5.41) is 0. The topological polar surface area (TPSA) is 117 Å². The molecular formula is C45H92NO7P. The minimum Gasteiger partial charge on any atom is -0.457 e. The highest BCUT2D eigenvalue weighted by Crippen LogP contribution is 2.43. The average Bonchev–Trinajstić information content (AvgIpc) is 3.16. The van der Waals surface area contributed by atoms with Gasteiger partial charge in [-0.3, -0.25) is 13.8 Å². The number of unbranched alkanes of at least 4 members (excludes halogenated alkanes) is 33. The quantitative estimate of drug-likeness (QED) is 0.0356.